The molecule has 0 heterocycles. The molecule has 0 saturated heterocycles. The molecule has 0 spiro atoms. The molecule has 0 radical (unpaired) electrons. The lowest BCUT2D eigenvalue weighted by atomic mass is 10.1. The van der Waals surface area contributed by atoms with Crippen molar-refractivity contribution in [1.29, 1.82) is 0 Å². The largest absolute Gasteiger partial charge is 0.311 e. The highest BCUT2D eigenvalue weighted by Gasteiger charge is 2.06. The van der Waals surface area contributed by atoms with Gasteiger partial charge >= 0.3 is 0 Å². The third-order valence-corrected chi connectivity index (χ3v) is 1.48. The molecule has 12 heavy (non-hydrogen) atoms. The Morgan fingerprint density at radius 2 is 1.92 bits per heavy atom. The predicted octanol–water partition coefficient (Wildman–Crippen LogP) is 0.986. The molecule has 0 aliphatic rings. The first kappa shape index (κ1) is 11.5. The lowest BCUT2D eigenvalue weighted by molar-refractivity contribution is 0.419. The Morgan fingerprint density at radius 3 is 2.33 bits per heavy atom. The van der Waals surface area contributed by atoms with Crippen LogP contribution in [0.3, 0.4) is 0 Å². The monoisotopic (exact) mass is 168 g/mol. The highest BCUT2D eigenvalue weighted by molar-refractivity contribution is 4.95. The van der Waals surface area contributed by atoms with E-state index in [1.54, 1.807) is 0 Å². The standard InChI is InChI=1S/C10H20N2/c1-6-9(2)11-7-8-12-10(3,4)5/h1,9,11-12H,7-8H2,2-5H3. The molecule has 0 amide bonds. The van der Waals surface area contributed by atoms with Crippen LogP contribution in [0.15, 0.2) is 0 Å². The van der Waals surface area contributed by atoms with Crippen molar-refractivity contribution in [2.45, 2.75) is 39.3 Å². The molecular weight excluding hydrogens is 148 g/mol. The molecule has 0 aliphatic heterocycles. The second-order valence-electron chi connectivity index (χ2n) is 4.02. The van der Waals surface area contributed by atoms with E-state index in [2.05, 4.69) is 37.3 Å². The van der Waals surface area contributed by atoms with E-state index in [1.165, 1.54) is 0 Å². The second kappa shape index (κ2) is 5.18. The van der Waals surface area contributed by atoms with E-state index in [-0.39, 0.29) is 11.6 Å². The van der Waals surface area contributed by atoms with Crippen molar-refractivity contribution in [3.8, 4) is 12.3 Å². The number of hydrogen-bond donors (Lipinski definition) is 2. The minimum atomic E-state index is 0.173. The molecule has 1 unspecified atom stereocenters. The van der Waals surface area contributed by atoms with Gasteiger partial charge in [-0.15, -0.1) is 6.42 Å². The quantitative estimate of drug-likeness (QED) is 0.483. The molecule has 2 nitrogen and oxygen atoms in total. The van der Waals surface area contributed by atoms with Gasteiger partial charge in [-0.3, -0.25) is 0 Å². The Labute approximate surface area is 76.1 Å². The topological polar surface area (TPSA) is 24.1 Å². The Kier molecular flexibility index (Phi) is 4.96. The van der Waals surface area contributed by atoms with Crippen LogP contribution < -0.4 is 10.6 Å². The van der Waals surface area contributed by atoms with Crippen LogP contribution in [0.2, 0.25) is 0 Å². The number of hydrogen-bond acceptors (Lipinski definition) is 2. The maximum Gasteiger partial charge on any atom is 0.0658 e. The van der Waals surface area contributed by atoms with Crippen LogP contribution in [0.5, 0.6) is 0 Å². The minimum Gasteiger partial charge on any atom is -0.311 e. The first-order valence-corrected chi connectivity index (χ1v) is 4.40. The van der Waals surface area contributed by atoms with E-state index in [0.29, 0.717) is 0 Å². The van der Waals surface area contributed by atoms with E-state index in [9.17, 15) is 0 Å². The second-order valence-corrected chi connectivity index (χ2v) is 4.02. The molecule has 0 aromatic heterocycles. The summed E-state index contributed by atoms with van der Waals surface area (Å²) in [5.41, 5.74) is 0.195. The molecule has 0 aromatic carbocycles. The first-order valence-electron chi connectivity index (χ1n) is 4.40. The molecule has 2 heteroatoms. The van der Waals surface area contributed by atoms with Crippen molar-refractivity contribution in [3.63, 3.8) is 0 Å². The van der Waals surface area contributed by atoms with Gasteiger partial charge in [-0.2, -0.15) is 0 Å². The van der Waals surface area contributed by atoms with Gasteiger partial charge in [-0.25, -0.2) is 0 Å². The summed E-state index contributed by atoms with van der Waals surface area (Å²) in [4.78, 5) is 0. The zero-order valence-electron chi connectivity index (χ0n) is 8.57. The molecule has 2 N–H and O–H groups in total. The van der Waals surface area contributed by atoms with E-state index in [4.69, 9.17) is 6.42 Å². The van der Waals surface area contributed by atoms with Crippen LogP contribution in [-0.2, 0) is 0 Å². The zero-order chi connectivity index (χ0) is 9.61. The summed E-state index contributed by atoms with van der Waals surface area (Å²) in [6, 6.07) is 0.173. The molecule has 0 rings (SSSR count). The van der Waals surface area contributed by atoms with Gasteiger partial charge in [0.05, 0.1) is 6.04 Å². The fraction of sp³-hybridized carbons (Fsp3) is 0.800. The van der Waals surface area contributed by atoms with Crippen molar-refractivity contribution in [2.75, 3.05) is 13.1 Å². The summed E-state index contributed by atoms with van der Waals surface area (Å²) in [5.74, 6) is 2.62. The van der Waals surface area contributed by atoms with Crippen LogP contribution in [0.25, 0.3) is 0 Å². The van der Waals surface area contributed by atoms with Gasteiger partial charge in [-0.05, 0) is 27.7 Å². The van der Waals surface area contributed by atoms with Crippen molar-refractivity contribution in [2.24, 2.45) is 0 Å². The fourth-order valence-corrected chi connectivity index (χ4v) is 0.785. The van der Waals surface area contributed by atoms with E-state index in [0.717, 1.165) is 13.1 Å². The highest BCUT2D eigenvalue weighted by atomic mass is 15.0. The van der Waals surface area contributed by atoms with E-state index >= 15 is 0 Å². The summed E-state index contributed by atoms with van der Waals surface area (Å²) in [6.45, 7) is 10.3. The minimum absolute atomic E-state index is 0.173. The van der Waals surface area contributed by atoms with Gasteiger partial charge in [0, 0.05) is 18.6 Å². The molecule has 1 atom stereocenters. The number of terminal acetylenes is 1. The molecule has 70 valence electrons. The average Bonchev–Trinajstić information content (AvgIpc) is 1.96. The van der Waals surface area contributed by atoms with Gasteiger partial charge in [-0.1, -0.05) is 5.92 Å². The summed E-state index contributed by atoms with van der Waals surface area (Å²) in [7, 11) is 0. The fourth-order valence-electron chi connectivity index (χ4n) is 0.785. The summed E-state index contributed by atoms with van der Waals surface area (Å²) in [5, 5.41) is 6.58. The summed E-state index contributed by atoms with van der Waals surface area (Å²) >= 11 is 0. The summed E-state index contributed by atoms with van der Waals surface area (Å²) < 4.78 is 0. The average molecular weight is 168 g/mol. The third-order valence-electron chi connectivity index (χ3n) is 1.48. The van der Waals surface area contributed by atoms with Crippen LogP contribution in [0.4, 0.5) is 0 Å². The first-order chi connectivity index (χ1) is 5.45. The van der Waals surface area contributed by atoms with E-state index in [1.807, 2.05) is 6.92 Å². The predicted molar refractivity (Wildman–Crippen MR) is 54.1 cm³/mol. The highest BCUT2D eigenvalue weighted by Crippen LogP contribution is 1.96. The van der Waals surface area contributed by atoms with Crippen molar-refractivity contribution in [3.05, 3.63) is 0 Å². The van der Waals surface area contributed by atoms with E-state index < -0.39 is 0 Å². The number of rotatable bonds is 4. The Morgan fingerprint density at radius 1 is 1.33 bits per heavy atom. The normalized spacial score (nSPS) is 13.9. The Hall–Kier alpha value is -0.520. The SMILES string of the molecule is C#CC(C)NCCNC(C)(C)C. The molecule has 0 aliphatic carbocycles. The van der Waals surface area contributed by atoms with Gasteiger partial charge < -0.3 is 10.6 Å². The van der Waals surface area contributed by atoms with Crippen LogP contribution in [0, 0.1) is 12.3 Å². The molecule has 0 aromatic rings. The molecule has 0 fully saturated rings. The molecule has 0 bridgehead atoms. The van der Waals surface area contributed by atoms with Crippen molar-refractivity contribution in [1.82, 2.24) is 10.6 Å². The molecular formula is C10H20N2. The third kappa shape index (κ3) is 7.59. The maximum absolute atomic E-state index is 5.21. The Balaban J connectivity index is 3.29. The van der Waals surface area contributed by atoms with Crippen molar-refractivity contribution >= 4 is 0 Å². The molecule has 0 saturated carbocycles. The lowest BCUT2D eigenvalue weighted by Crippen LogP contribution is -2.41. The maximum atomic E-state index is 5.21. The van der Waals surface area contributed by atoms with Gasteiger partial charge in [0.2, 0.25) is 0 Å². The van der Waals surface area contributed by atoms with Gasteiger partial charge in [0.1, 0.15) is 0 Å². The van der Waals surface area contributed by atoms with Crippen molar-refractivity contribution < 1.29 is 0 Å². The van der Waals surface area contributed by atoms with Gasteiger partial charge in [0.25, 0.3) is 0 Å². The van der Waals surface area contributed by atoms with Crippen LogP contribution in [0.1, 0.15) is 27.7 Å². The lowest BCUT2D eigenvalue weighted by Gasteiger charge is -2.20. The smallest absolute Gasteiger partial charge is 0.0658 e. The number of nitrogens with one attached hydrogen (secondary N) is 2. The zero-order valence-corrected chi connectivity index (χ0v) is 8.57. The van der Waals surface area contributed by atoms with Crippen LogP contribution in [-0.4, -0.2) is 24.7 Å². The summed E-state index contributed by atoms with van der Waals surface area (Å²) in [6.07, 6.45) is 5.21. The van der Waals surface area contributed by atoms with Crippen LogP contribution >= 0.6 is 0 Å². The Bertz CT molecular complexity index is 150. The van der Waals surface area contributed by atoms with Gasteiger partial charge in [0.15, 0.2) is 0 Å².